The molecule has 0 aliphatic carbocycles. The van der Waals surface area contributed by atoms with Gasteiger partial charge in [0, 0.05) is 32.7 Å². The van der Waals surface area contributed by atoms with Gasteiger partial charge >= 0.3 is 12.6 Å². The van der Waals surface area contributed by atoms with E-state index < -0.39 is 12.6 Å². The number of alkyl halides is 2. The van der Waals surface area contributed by atoms with Gasteiger partial charge in [-0.3, -0.25) is 19.4 Å². The van der Waals surface area contributed by atoms with E-state index >= 15 is 0 Å². The zero-order valence-electron chi connectivity index (χ0n) is 16.2. The molecule has 9 heteroatoms. The van der Waals surface area contributed by atoms with Crippen LogP contribution in [0, 0.1) is 0 Å². The molecule has 0 unspecified atom stereocenters. The van der Waals surface area contributed by atoms with Crippen LogP contribution in [0.5, 0.6) is 5.75 Å². The van der Waals surface area contributed by atoms with E-state index in [2.05, 4.69) is 9.64 Å². The summed E-state index contributed by atoms with van der Waals surface area (Å²) in [5.41, 5.74) is 0.825. The molecule has 1 fully saturated rings. The third-order valence-corrected chi connectivity index (χ3v) is 4.92. The maximum absolute atomic E-state index is 12.5. The van der Waals surface area contributed by atoms with Crippen LogP contribution in [-0.2, 0) is 16.1 Å². The first-order valence-electron chi connectivity index (χ1n) is 9.16. The predicted octanol–water partition coefficient (Wildman–Crippen LogP) is 1.73. The van der Waals surface area contributed by atoms with Gasteiger partial charge in [0.25, 0.3) is 0 Å². The largest absolute Gasteiger partial charge is 0.480 e. The fourth-order valence-electron chi connectivity index (χ4n) is 3.31. The second kappa shape index (κ2) is 10.3. The van der Waals surface area contributed by atoms with Crippen LogP contribution in [0.15, 0.2) is 24.3 Å². The first-order chi connectivity index (χ1) is 13.2. The van der Waals surface area contributed by atoms with Crippen molar-refractivity contribution in [3.05, 3.63) is 29.8 Å². The molecule has 1 aliphatic heterocycles. The number of hydrogen-bond acceptors (Lipinski definition) is 5. The van der Waals surface area contributed by atoms with Crippen molar-refractivity contribution in [1.82, 2.24) is 14.7 Å². The van der Waals surface area contributed by atoms with E-state index in [9.17, 15) is 18.4 Å². The molecule has 156 valence electrons. The molecule has 1 saturated heterocycles. The number of halogens is 2. The third kappa shape index (κ3) is 7.05. The Morgan fingerprint density at radius 1 is 1.21 bits per heavy atom. The van der Waals surface area contributed by atoms with Crippen LogP contribution in [0.25, 0.3) is 0 Å². The molecule has 1 aromatic rings. The molecule has 1 aliphatic rings. The average molecular weight is 399 g/mol. The number of ether oxygens (including phenoxy) is 1. The molecule has 7 nitrogen and oxygen atoms in total. The quantitative estimate of drug-likeness (QED) is 0.682. The molecule has 1 heterocycles. The molecule has 0 aromatic heterocycles. The molecule has 0 spiro atoms. The summed E-state index contributed by atoms with van der Waals surface area (Å²) in [5, 5.41) is 8.88. The van der Waals surface area contributed by atoms with E-state index in [1.165, 1.54) is 12.1 Å². The Hall–Kier alpha value is -2.26. The van der Waals surface area contributed by atoms with E-state index in [0.717, 1.165) is 31.5 Å². The van der Waals surface area contributed by atoms with Gasteiger partial charge in [0.15, 0.2) is 0 Å². The van der Waals surface area contributed by atoms with Crippen LogP contribution in [0.2, 0.25) is 0 Å². The maximum atomic E-state index is 12.5. The van der Waals surface area contributed by atoms with E-state index in [4.69, 9.17) is 5.11 Å². The number of carboxylic acids is 1. The normalized spacial score (nSPS) is 15.8. The van der Waals surface area contributed by atoms with Crippen LogP contribution in [0.3, 0.4) is 0 Å². The molecule has 0 saturated carbocycles. The van der Waals surface area contributed by atoms with Gasteiger partial charge < -0.3 is 14.7 Å². The predicted molar refractivity (Wildman–Crippen MR) is 99.3 cm³/mol. The van der Waals surface area contributed by atoms with Gasteiger partial charge in [-0.25, -0.2) is 0 Å². The van der Waals surface area contributed by atoms with Gasteiger partial charge in [0.2, 0.25) is 5.91 Å². The number of likely N-dealkylation sites (N-methyl/N-ethyl adjacent to an activating group) is 2. The Morgan fingerprint density at radius 2 is 1.82 bits per heavy atom. The van der Waals surface area contributed by atoms with Gasteiger partial charge in [0.05, 0.1) is 13.1 Å². The van der Waals surface area contributed by atoms with Crippen LogP contribution < -0.4 is 4.74 Å². The standard InChI is InChI=1S/C19H27F2N3O4/c1-22(13-18(26)27)15-7-9-24(10-8-15)12-17(25)23(2)11-14-3-5-16(6-4-14)28-19(20)21/h3-6,15,19H,7-13H2,1-2H3,(H,26,27). The van der Waals surface area contributed by atoms with Crippen molar-refractivity contribution >= 4 is 11.9 Å². The smallest absolute Gasteiger partial charge is 0.387 e. The molecule has 0 radical (unpaired) electrons. The monoisotopic (exact) mass is 399 g/mol. The lowest BCUT2D eigenvalue weighted by Gasteiger charge is -2.36. The van der Waals surface area contributed by atoms with Gasteiger partial charge in [-0.2, -0.15) is 8.78 Å². The number of amides is 1. The van der Waals surface area contributed by atoms with Crippen LogP contribution in [-0.4, -0.2) is 84.6 Å². The van der Waals surface area contributed by atoms with Crippen LogP contribution in [0.1, 0.15) is 18.4 Å². The summed E-state index contributed by atoms with van der Waals surface area (Å²) in [6, 6.07) is 6.45. The minimum atomic E-state index is -2.86. The maximum Gasteiger partial charge on any atom is 0.387 e. The number of carbonyl (C=O) groups is 2. The topological polar surface area (TPSA) is 73.3 Å². The summed E-state index contributed by atoms with van der Waals surface area (Å²) in [5.74, 6) is -0.774. The lowest BCUT2D eigenvalue weighted by Crippen LogP contribution is -2.47. The number of rotatable bonds is 9. The first kappa shape index (κ1) is 22.0. The van der Waals surface area contributed by atoms with Crippen molar-refractivity contribution in [2.75, 3.05) is 40.3 Å². The Kier molecular flexibility index (Phi) is 8.13. The summed E-state index contributed by atoms with van der Waals surface area (Å²) in [6.07, 6.45) is 1.65. The minimum Gasteiger partial charge on any atom is -0.480 e. The van der Waals surface area contributed by atoms with Crippen molar-refractivity contribution < 1.29 is 28.2 Å². The Balaban J connectivity index is 1.76. The zero-order valence-corrected chi connectivity index (χ0v) is 16.2. The van der Waals surface area contributed by atoms with Crippen molar-refractivity contribution in [3.63, 3.8) is 0 Å². The van der Waals surface area contributed by atoms with E-state index in [1.807, 2.05) is 11.9 Å². The summed E-state index contributed by atoms with van der Waals surface area (Å²) in [6.45, 7) is -0.664. The van der Waals surface area contributed by atoms with E-state index in [1.54, 1.807) is 24.1 Å². The lowest BCUT2D eigenvalue weighted by molar-refractivity contribution is -0.138. The molecular formula is C19H27F2N3O4. The highest BCUT2D eigenvalue weighted by molar-refractivity contribution is 5.78. The van der Waals surface area contributed by atoms with E-state index in [0.29, 0.717) is 13.1 Å². The first-order valence-corrected chi connectivity index (χ1v) is 9.16. The summed E-state index contributed by atoms with van der Waals surface area (Å²) in [7, 11) is 3.52. The highest BCUT2D eigenvalue weighted by Gasteiger charge is 2.25. The van der Waals surface area contributed by atoms with Crippen molar-refractivity contribution in [2.45, 2.75) is 32.0 Å². The summed E-state index contributed by atoms with van der Waals surface area (Å²) < 4.78 is 28.7. The molecule has 1 amide bonds. The molecule has 2 rings (SSSR count). The molecule has 28 heavy (non-hydrogen) atoms. The number of nitrogens with zero attached hydrogens (tertiary/aromatic N) is 3. The number of carboxylic acid groups (broad SMARTS) is 1. The number of carbonyl (C=O) groups excluding carboxylic acids is 1. The van der Waals surface area contributed by atoms with Crippen molar-refractivity contribution in [1.29, 1.82) is 0 Å². The van der Waals surface area contributed by atoms with Gasteiger partial charge in [-0.05, 0) is 37.6 Å². The number of piperidine rings is 1. The second-order valence-electron chi connectivity index (χ2n) is 7.09. The summed E-state index contributed by atoms with van der Waals surface area (Å²) >= 11 is 0. The van der Waals surface area contributed by atoms with Gasteiger partial charge in [-0.1, -0.05) is 12.1 Å². The van der Waals surface area contributed by atoms with Gasteiger partial charge in [0.1, 0.15) is 5.75 Å². The second-order valence-corrected chi connectivity index (χ2v) is 7.09. The van der Waals surface area contributed by atoms with Crippen molar-refractivity contribution in [2.24, 2.45) is 0 Å². The Bertz CT molecular complexity index is 649. The molecular weight excluding hydrogens is 372 g/mol. The molecule has 1 aromatic carbocycles. The number of likely N-dealkylation sites (tertiary alicyclic amines) is 1. The highest BCUT2D eigenvalue weighted by atomic mass is 19.3. The van der Waals surface area contributed by atoms with Crippen LogP contribution >= 0.6 is 0 Å². The van der Waals surface area contributed by atoms with Crippen LogP contribution in [0.4, 0.5) is 8.78 Å². The SMILES string of the molecule is CN(Cc1ccc(OC(F)F)cc1)C(=O)CN1CCC(N(C)CC(=O)O)CC1. The third-order valence-electron chi connectivity index (χ3n) is 4.92. The number of hydrogen-bond donors (Lipinski definition) is 1. The number of benzene rings is 1. The lowest BCUT2D eigenvalue weighted by atomic mass is 10.0. The van der Waals surface area contributed by atoms with E-state index in [-0.39, 0.29) is 24.2 Å². The van der Waals surface area contributed by atoms with Crippen molar-refractivity contribution in [3.8, 4) is 5.75 Å². The fourth-order valence-corrected chi connectivity index (χ4v) is 3.31. The Labute approximate surface area is 163 Å². The molecule has 1 N–H and O–H groups in total. The molecule has 0 bridgehead atoms. The summed E-state index contributed by atoms with van der Waals surface area (Å²) in [4.78, 5) is 28.8. The minimum absolute atomic E-state index is 0.0213. The average Bonchev–Trinajstić information content (AvgIpc) is 2.63. The molecule has 0 atom stereocenters. The Morgan fingerprint density at radius 3 is 2.36 bits per heavy atom. The number of aliphatic carboxylic acids is 1. The highest BCUT2D eigenvalue weighted by Crippen LogP contribution is 2.17. The zero-order chi connectivity index (χ0) is 20.7. The van der Waals surface area contributed by atoms with Gasteiger partial charge in [-0.15, -0.1) is 0 Å². The fraction of sp³-hybridized carbons (Fsp3) is 0.579.